The Labute approximate surface area is 149 Å². The number of hydrogen-bond acceptors (Lipinski definition) is 5. The standard InChI is InChI=1S/C18H30N4O3/c1-13(24)19-18-4-2-3-15(18)9-22-10-16(20-21-22)12-25-17-7-5-14(11-23)6-8-17/h10,14-15,17-18,23H,2-9,11-12H2,1H3,(H,19,24)/t14?,15-,17?,18-/m1/s1. The minimum Gasteiger partial charge on any atom is -0.396 e. The molecule has 2 fully saturated rings. The zero-order chi connectivity index (χ0) is 17.6. The molecule has 0 unspecified atom stereocenters. The lowest BCUT2D eigenvalue weighted by molar-refractivity contribution is -0.119. The van der Waals surface area contributed by atoms with E-state index in [0.717, 1.165) is 57.2 Å². The third-order valence-corrected chi connectivity index (χ3v) is 5.57. The molecule has 3 rings (SSSR count). The summed E-state index contributed by atoms with van der Waals surface area (Å²) >= 11 is 0. The van der Waals surface area contributed by atoms with Crippen LogP contribution in [-0.4, -0.2) is 44.8 Å². The summed E-state index contributed by atoms with van der Waals surface area (Å²) in [4.78, 5) is 11.3. The van der Waals surface area contributed by atoms with E-state index in [1.807, 2.05) is 10.9 Å². The Morgan fingerprint density at radius 1 is 1.32 bits per heavy atom. The van der Waals surface area contributed by atoms with Gasteiger partial charge in [-0.25, -0.2) is 0 Å². The molecule has 0 spiro atoms. The van der Waals surface area contributed by atoms with Gasteiger partial charge in [0.05, 0.1) is 18.9 Å². The molecule has 1 aromatic rings. The van der Waals surface area contributed by atoms with Crippen LogP contribution in [-0.2, 0) is 22.7 Å². The van der Waals surface area contributed by atoms with Crippen LogP contribution in [0.15, 0.2) is 6.20 Å². The molecule has 0 bridgehead atoms. The number of aliphatic hydroxyl groups excluding tert-OH is 1. The lowest BCUT2D eigenvalue weighted by Gasteiger charge is -2.27. The number of carbonyl (C=O) groups is 1. The maximum absolute atomic E-state index is 11.3. The predicted octanol–water partition coefficient (Wildman–Crippen LogP) is 1.65. The average Bonchev–Trinajstić information content (AvgIpc) is 3.23. The fourth-order valence-electron chi connectivity index (χ4n) is 4.12. The second kappa shape index (κ2) is 8.76. The Balaban J connectivity index is 1.44. The van der Waals surface area contributed by atoms with E-state index in [1.54, 1.807) is 6.92 Å². The van der Waals surface area contributed by atoms with Crippen molar-refractivity contribution in [3.8, 4) is 0 Å². The second-order valence-corrected chi connectivity index (χ2v) is 7.57. The van der Waals surface area contributed by atoms with Crippen molar-refractivity contribution in [2.45, 2.75) is 77.2 Å². The van der Waals surface area contributed by atoms with Crippen molar-refractivity contribution in [3.63, 3.8) is 0 Å². The van der Waals surface area contributed by atoms with Crippen LogP contribution in [0.1, 0.15) is 57.6 Å². The van der Waals surface area contributed by atoms with E-state index in [4.69, 9.17) is 4.74 Å². The topological polar surface area (TPSA) is 89.3 Å². The minimum atomic E-state index is 0.0421. The Morgan fingerprint density at radius 2 is 2.12 bits per heavy atom. The number of carbonyl (C=O) groups excluding carboxylic acids is 1. The molecule has 2 aliphatic rings. The van der Waals surface area contributed by atoms with Crippen molar-refractivity contribution in [1.29, 1.82) is 0 Å². The third kappa shape index (κ3) is 5.25. The quantitative estimate of drug-likeness (QED) is 0.780. The summed E-state index contributed by atoms with van der Waals surface area (Å²) in [5.41, 5.74) is 0.860. The van der Waals surface area contributed by atoms with Crippen LogP contribution in [0.5, 0.6) is 0 Å². The van der Waals surface area contributed by atoms with Crippen LogP contribution in [0.2, 0.25) is 0 Å². The third-order valence-electron chi connectivity index (χ3n) is 5.57. The number of nitrogens with one attached hydrogen (secondary N) is 1. The van der Waals surface area contributed by atoms with E-state index in [-0.39, 0.29) is 18.1 Å². The molecule has 2 atom stereocenters. The second-order valence-electron chi connectivity index (χ2n) is 7.57. The van der Waals surface area contributed by atoms with Crippen molar-refractivity contribution in [2.75, 3.05) is 6.61 Å². The monoisotopic (exact) mass is 350 g/mol. The summed E-state index contributed by atoms with van der Waals surface area (Å²) in [6.45, 7) is 3.16. The van der Waals surface area contributed by atoms with Gasteiger partial charge in [-0.3, -0.25) is 9.48 Å². The van der Waals surface area contributed by atoms with E-state index in [0.29, 0.717) is 25.0 Å². The first-order chi connectivity index (χ1) is 12.1. The normalized spacial score (nSPS) is 29.7. The molecule has 25 heavy (non-hydrogen) atoms. The zero-order valence-corrected chi connectivity index (χ0v) is 15.1. The van der Waals surface area contributed by atoms with Crippen molar-refractivity contribution in [3.05, 3.63) is 11.9 Å². The Morgan fingerprint density at radius 3 is 2.84 bits per heavy atom. The van der Waals surface area contributed by atoms with E-state index in [1.165, 1.54) is 0 Å². The first-order valence-corrected chi connectivity index (χ1v) is 9.52. The fraction of sp³-hybridized carbons (Fsp3) is 0.833. The number of nitrogens with zero attached hydrogens (tertiary/aromatic N) is 3. The maximum atomic E-state index is 11.3. The molecule has 1 aromatic heterocycles. The van der Waals surface area contributed by atoms with E-state index in [9.17, 15) is 9.90 Å². The molecule has 140 valence electrons. The van der Waals surface area contributed by atoms with Crippen molar-refractivity contribution in [2.24, 2.45) is 11.8 Å². The zero-order valence-electron chi connectivity index (χ0n) is 15.1. The largest absolute Gasteiger partial charge is 0.396 e. The Kier molecular flexibility index (Phi) is 6.42. The Bertz CT molecular complexity index is 554. The number of ether oxygens (including phenoxy) is 1. The predicted molar refractivity (Wildman–Crippen MR) is 92.6 cm³/mol. The van der Waals surface area contributed by atoms with Gasteiger partial charge in [0.1, 0.15) is 5.69 Å². The van der Waals surface area contributed by atoms with Gasteiger partial charge >= 0.3 is 0 Å². The van der Waals surface area contributed by atoms with Gasteiger partial charge in [0.15, 0.2) is 0 Å². The fourth-order valence-corrected chi connectivity index (χ4v) is 4.12. The minimum absolute atomic E-state index is 0.0421. The van der Waals surface area contributed by atoms with Gasteiger partial charge in [-0.05, 0) is 50.4 Å². The molecule has 0 aromatic carbocycles. The number of rotatable bonds is 7. The summed E-state index contributed by atoms with van der Waals surface area (Å²) in [5.74, 6) is 0.914. The molecule has 7 heteroatoms. The lowest BCUT2D eigenvalue weighted by Crippen LogP contribution is -2.37. The van der Waals surface area contributed by atoms with Crippen molar-refractivity contribution in [1.82, 2.24) is 20.3 Å². The first kappa shape index (κ1) is 18.3. The van der Waals surface area contributed by atoms with Crippen LogP contribution in [0, 0.1) is 11.8 Å². The van der Waals surface area contributed by atoms with Gasteiger partial charge in [0.25, 0.3) is 0 Å². The molecule has 2 saturated carbocycles. The first-order valence-electron chi connectivity index (χ1n) is 9.52. The SMILES string of the molecule is CC(=O)N[C@@H]1CCC[C@@H]1Cn1cc(COC2CCC(CO)CC2)nn1. The van der Waals surface area contributed by atoms with Crippen molar-refractivity contribution >= 4 is 5.91 Å². The van der Waals surface area contributed by atoms with E-state index >= 15 is 0 Å². The lowest BCUT2D eigenvalue weighted by atomic mass is 9.88. The number of aromatic nitrogens is 3. The van der Waals surface area contributed by atoms with E-state index in [2.05, 4.69) is 15.6 Å². The molecule has 1 heterocycles. The maximum Gasteiger partial charge on any atom is 0.217 e. The molecule has 0 aliphatic heterocycles. The smallest absolute Gasteiger partial charge is 0.217 e. The highest BCUT2D eigenvalue weighted by atomic mass is 16.5. The van der Waals surface area contributed by atoms with Crippen molar-refractivity contribution < 1.29 is 14.6 Å². The molecule has 0 radical (unpaired) electrons. The highest BCUT2D eigenvalue weighted by Gasteiger charge is 2.28. The summed E-state index contributed by atoms with van der Waals surface area (Å²) in [6.07, 6.45) is 9.65. The molecule has 7 nitrogen and oxygen atoms in total. The van der Waals surface area contributed by atoms with Crippen LogP contribution in [0.25, 0.3) is 0 Å². The van der Waals surface area contributed by atoms with Crippen LogP contribution >= 0.6 is 0 Å². The van der Waals surface area contributed by atoms with Gasteiger partial charge in [0, 0.05) is 26.1 Å². The van der Waals surface area contributed by atoms with Gasteiger partial charge < -0.3 is 15.2 Å². The van der Waals surface area contributed by atoms with Crippen LogP contribution < -0.4 is 5.32 Å². The number of hydrogen-bond donors (Lipinski definition) is 2. The highest BCUT2D eigenvalue weighted by molar-refractivity contribution is 5.73. The van der Waals surface area contributed by atoms with Crippen LogP contribution in [0.4, 0.5) is 0 Å². The molecular weight excluding hydrogens is 320 g/mol. The number of amides is 1. The average molecular weight is 350 g/mol. The summed E-state index contributed by atoms with van der Waals surface area (Å²) < 4.78 is 7.85. The van der Waals surface area contributed by atoms with Gasteiger partial charge in [-0.2, -0.15) is 0 Å². The van der Waals surface area contributed by atoms with Gasteiger partial charge in [-0.15, -0.1) is 5.10 Å². The molecule has 2 aliphatic carbocycles. The highest BCUT2D eigenvalue weighted by Crippen LogP contribution is 2.28. The summed E-state index contributed by atoms with van der Waals surface area (Å²) in [7, 11) is 0. The number of aliphatic hydroxyl groups is 1. The van der Waals surface area contributed by atoms with Gasteiger partial charge in [0.2, 0.25) is 5.91 Å². The summed E-state index contributed by atoms with van der Waals surface area (Å²) in [5, 5.41) is 20.7. The van der Waals surface area contributed by atoms with Crippen LogP contribution in [0.3, 0.4) is 0 Å². The summed E-state index contributed by atoms with van der Waals surface area (Å²) in [6, 6.07) is 0.253. The molecule has 2 N–H and O–H groups in total. The van der Waals surface area contributed by atoms with E-state index < -0.39 is 0 Å². The molecular formula is C18H30N4O3. The molecule has 1 amide bonds. The van der Waals surface area contributed by atoms with Gasteiger partial charge in [-0.1, -0.05) is 11.6 Å². The molecule has 0 saturated heterocycles. The Hall–Kier alpha value is -1.47.